The Morgan fingerprint density at radius 2 is 1.71 bits per heavy atom. The van der Waals surface area contributed by atoms with Gasteiger partial charge in [0.05, 0.1) is 23.9 Å². The van der Waals surface area contributed by atoms with Crippen LogP contribution in [-0.4, -0.2) is 29.8 Å². The van der Waals surface area contributed by atoms with Crippen LogP contribution in [0.1, 0.15) is 66.5 Å². The number of methoxy groups -OCH3 is 1. The second-order valence-corrected chi connectivity index (χ2v) is 10.8. The number of carbonyl (C=O) groups excluding carboxylic acids is 2. The third kappa shape index (κ3) is 5.07. The molecule has 2 aromatic heterocycles. The van der Waals surface area contributed by atoms with Crippen molar-refractivity contribution in [3.8, 4) is 5.00 Å². The Morgan fingerprint density at radius 1 is 1.00 bits per heavy atom. The predicted octanol–water partition coefficient (Wildman–Crippen LogP) is 7.13. The molecule has 0 unspecified atom stereocenters. The highest BCUT2D eigenvalue weighted by atomic mass is 32.1. The van der Waals surface area contributed by atoms with Crippen molar-refractivity contribution in [1.82, 2.24) is 4.57 Å². The summed E-state index contributed by atoms with van der Waals surface area (Å²) in [6, 6.07) is 17.0. The number of rotatable bonds is 6. The third-order valence-corrected chi connectivity index (χ3v) is 8.28. The van der Waals surface area contributed by atoms with Gasteiger partial charge in [-0.2, -0.15) is 0 Å². The lowest BCUT2D eigenvalue weighted by molar-refractivity contribution is 0.0600. The third-order valence-electron chi connectivity index (χ3n) is 7.00. The number of anilines is 1. The maximum atomic E-state index is 13.7. The average Bonchev–Trinajstić information content (AvgIpc) is 3.44. The van der Waals surface area contributed by atoms with Gasteiger partial charge in [-0.15, -0.1) is 11.3 Å². The molecule has 5 rings (SSSR count). The number of carbonyl (C=O) groups is 2. The molecule has 6 nitrogen and oxygen atoms in total. The van der Waals surface area contributed by atoms with Crippen LogP contribution in [0.5, 0.6) is 0 Å². The van der Waals surface area contributed by atoms with Crippen LogP contribution in [0.3, 0.4) is 0 Å². The molecule has 194 valence electrons. The molecule has 0 saturated heterocycles. The molecule has 0 saturated carbocycles. The lowest BCUT2D eigenvalue weighted by atomic mass is 9.95. The van der Waals surface area contributed by atoms with Gasteiger partial charge in [-0.05, 0) is 94.5 Å². The molecule has 0 atom stereocenters. The van der Waals surface area contributed by atoms with Crippen molar-refractivity contribution in [3.63, 3.8) is 0 Å². The van der Waals surface area contributed by atoms with Crippen molar-refractivity contribution < 1.29 is 14.3 Å². The number of nitrogens with one attached hydrogen (secondary N) is 1. The number of hydrogen-bond donors (Lipinski definition) is 1. The van der Waals surface area contributed by atoms with Gasteiger partial charge in [-0.25, -0.2) is 4.79 Å². The summed E-state index contributed by atoms with van der Waals surface area (Å²) in [6.07, 6.45) is 6.04. The van der Waals surface area contributed by atoms with Crippen molar-refractivity contribution in [2.75, 3.05) is 12.4 Å². The molecule has 0 radical (unpaired) electrons. The number of nitrogens with zero attached hydrogens (tertiary/aromatic N) is 2. The maximum Gasteiger partial charge on any atom is 0.337 e. The largest absolute Gasteiger partial charge is 0.465 e. The topological polar surface area (TPSA) is 72.7 Å². The molecular formula is C31H31N3O3S. The molecule has 0 aliphatic heterocycles. The first-order chi connectivity index (χ1) is 18.4. The fourth-order valence-electron chi connectivity index (χ4n) is 4.95. The van der Waals surface area contributed by atoms with E-state index in [0.717, 1.165) is 70.1 Å². The van der Waals surface area contributed by atoms with E-state index < -0.39 is 0 Å². The first-order valence-electron chi connectivity index (χ1n) is 12.8. The minimum absolute atomic E-state index is 0.0586. The van der Waals surface area contributed by atoms with E-state index in [9.17, 15) is 9.59 Å². The summed E-state index contributed by atoms with van der Waals surface area (Å²) in [5, 5.41) is 4.11. The standard InChI is InChI=1S/C31H31N3O3S/c1-19-9-13-25(14-10-19)33-29(35)28-26-7-5-6-8-27(26)38-30(28)34-20(2)17-23(21(34)3)18-32-24-15-11-22(12-16-24)31(36)37-4/h9-18H,5-8H2,1-4H3,(H,33,35). The summed E-state index contributed by atoms with van der Waals surface area (Å²) >= 11 is 1.73. The van der Waals surface area contributed by atoms with Crippen molar-refractivity contribution in [1.29, 1.82) is 0 Å². The van der Waals surface area contributed by atoms with Gasteiger partial charge in [0.1, 0.15) is 5.00 Å². The molecule has 38 heavy (non-hydrogen) atoms. The van der Waals surface area contributed by atoms with Crippen LogP contribution in [-0.2, 0) is 17.6 Å². The van der Waals surface area contributed by atoms with Crippen molar-refractivity contribution in [3.05, 3.63) is 98.7 Å². The molecule has 4 aromatic rings. The highest BCUT2D eigenvalue weighted by Gasteiger charge is 2.28. The van der Waals surface area contributed by atoms with Gasteiger partial charge < -0.3 is 14.6 Å². The normalized spacial score (nSPS) is 12.9. The summed E-state index contributed by atoms with van der Waals surface area (Å²) in [5.74, 6) is -0.429. The highest BCUT2D eigenvalue weighted by molar-refractivity contribution is 7.15. The first-order valence-corrected chi connectivity index (χ1v) is 13.6. The Hall–Kier alpha value is -3.97. The zero-order chi connectivity index (χ0) is 26.8. The minimum atomic E-state index is -0.370. The van der Waals surface area contributed by atoms with E-state index >= 15 is 0 Å². The molecule has 1 aliphatic rings. The van der Waals surface area contributed by atoms with Crippen LogP contribution in [0.25, 0.3) is 5.00 Å². The van der Waals surface area contributed by atoms with Gasteiger partial charge >= 0.3 is 5.97 Å². The molecule has 0 fully saturated rings. The van der Waals surface area contributed by atoms with Crippen LogP contribution >= 0.6 is 11.3 Å². The number of amides is 1. The molecule has 0 spiro atoms. The molecule has 1 aliphatic carbocycles. The Labute approximate surface area is 227 Å². The summed E-state index contributed by atoms with van der Waals surface area (Å²) in [6.45, 7) is 6.17. The summed E-state index contributed by atoms with van der Waals surface area (Å²) in [7, 11) is 1.37. The fourth-order valence-corrected chi connectivity index (χ4v) is 6.45. The van der Waals surface area contributed by atoms with Crippen LogP contribution in [0.15, 0.2) is 59.6 Å². The quantitative estimate of drug-likeness (QED) is 0.215. The minimum Gasteiger partial charge on any atom is -0.465 e. The Morgan fingerprint density at radius 3 is 2.42 bits per heavy atom. The van der Waals surface area contributed by atoms with Crippen LogP contribution in [0.4, 0.5) is 11.4 Å². The van der Waals surface area contributed by atoms with Gasteiger partial charge in [0.15, 0.2) is 0 Å². The number of aryl methyl sites for hydroxylation is 3. The fraction of sp³-hybridized carbons (Fsp3) is 0.258. The number of benzene rings is 2. The van der Waals surface area contributed by atoms with E-state index in [0.29, 0.717) is 5.56 Å². The van der Waals surface area contributed by atoms with Crippen molar-refractivity contribution in [2.24, 2.45) is 4.99 Å². The molecular weight excluding hydrogens is 494 g/mol. The van der Waals surface area contributed by atoms with Gasteiger partial charge in [0, 0.05) is 33.7 Å². The predicted molar refractivity (Wildman–Crippen MR) is 154 cm³/mol. The lowest BCUT2D eigenvalue weighted by Gasteiger charge is -2.14. The van der Waals surface area contributed by atoms with E-state index in [1.54, 1.807) is 35.6 Å². The van der Waals surface area contributed by atoms with E-state index in [1.165, 1.54) is 17.6 Å². The number of fused-ring (bicyclic) bond motifs is 1. The number of thiophene rings is 1. The number of esters is 1. The molecule has 1 N–H and O–H groups in total. The summed E-state index contributed by atoms with van der Waals surface area (Å²) in [4.78, 5) is 31.3. The Kier molecular flexibility index (Phi) is 7.29. The number of hydrogen-bond acceptors (Lipinski definition) is 5. The number of aromatic nitrogens is 1. The van der Waals surface area contributed by atoms with E-state index in [4.69, 9.17) is 4.74 Å². The molecule has 0 bridgehead atoms. The van der Waals surface area contributed by atoms with E-state index in [1.807, 2.05) is 37.4 Å². The maximum absolute atomic E-state index is 13.7. The van der Waals surface area contributed by atoms with Gasteiger partial charge in [0.25, 0.3) is 5.91 Å². The Bertz CT molecular complexity index is 1530. The highest BCUT2D eigenvalue weighted by Crippen LogP contribution is 2.39. The van der Waals surface area contributed by atoms with Crippen LogP contribution < -0.4 is 5.32 Å². The lowest BCUT2D eigenvalue weighted by Crippen LogP contribution is -2.17. The SMILES string of the molecule is COC(=O)c1ccc(N=Cc2cc(C)n(-c3sc4c(c3C(=O)Nc3ccc(C)cc3)CCCC4)c2C)cc1. The van der Waals surface area contributed by atoms with Gasteiger partial charge in [0.2, 0.25) is 0 Å². The smallest absolute Gasteiger partial charge is 0.337 e. The second-order valence-electron chi connectivity index (χ2n) is 9.67. The van der Waals surface area contributed by atoms with Crippen LogP contribution in [0, 0.1) is 20.8 Å². The van der Waals surface area contributed by atoms with Gasteiger partial charge in [-0.1, -0.05) is 17.7 Å². The van der Waals surface area contributed by atoms with E-state index in [2.05, 4.69) is 34.8 Å². The monoisotopic (exact) mass is 525 g/mol. The van der Waals surface area contributed by atoms with Crippen molar-refractivity contribution >= 4 is 40.8 Å². The molecule has 2 heterocycles. The number of aliphatic imine (C=N–C) groups is 1. The number of ether oxygens (including phenoxy) is 1. The summed E-state index contributed by atoms with van der Waals surface area (Å²) < 4.78 is 6.96. The van der Waals surface area contributed by atoms with Crippen molar-refractivity contribution in [2.45, 2.75) is 46.5 Å². The molecule has 2 aromatic carbocycles. The zero-order valence-electron chi connectivity index (χ0n) is 22.1. The molecule has 1 amide bonds. The summed E-state index contributed by atoms with van der Waals surface area (Å²) in [5.41, 5.74) is 8.22. The first kappa shape index (κ1) is 25.7. The zero-order valence-corrected chi connectivity index (χ0v) is 22.9. The molecule has 7 heteroatoms. The second kappa shape index (κ2) is 10.8. The van der Waals surface area contributed by atoms with Gasteiger partial charge in [-0.3, -0.25) is 9.79 Å². The average molecular weight is 526 g/mol. The Balaban J connectivity index is 1.49. The van der Waals surface area contributed by atoms with Crippen LogP contribution in [0.2, 0.25) is 0 Å². The van der Waals surface area contributed by atoms with E-state index in [-0.39, 0.29) is 11.9 Å².